The summed E-state index contributed by atoms with van der Waals surface area (Å²) in [5.41, 5.74) is 0. The molecule has 3 nitrogen and oxygen atoms in total. The highest BCUT2D eigenvalue weighted by Crippen LogP contribution is 2.10. The van der Waals surface area contributed by atoms with Gasteiger partial charge in [0.2, 0.25) is 0 Å². The van der Waals surface area contributed by atoms with Crippen molar-refractivity contribution in [2.75, 3.05) is 7.05 Å². The van der Waals surface area contributed by atoms with Crippen LogP contribution in [-0.2, 0) is 4.74 Å². The predicted octanol–water partition coefficient (Wildman–Crippen LogP) is 1.58. The summed E-state index contributed by atoms with van der Waals surface area (Å²) in [6.07, 6.45) is 7.25. The van der Waals surface area contributed by atoms with E-state index in [1.165, 1.54) is 7.05 Å². The molecular formula is C8H11NO2. The predicted molar refractivity (Wildman–Crippen MR) is 42.0 cm³/mol. The molecule has 1 N–H and O–H groups in total. The Morgan fingerprint density at radius 2 is 2.45 bits per heavy atom. The van der Waals surface area contributed by atoms with Crippen LogP contribution in [0.15, 0.2) is 24.0 Å². The molecule has 11 heavy (non-hydrogen) atoms. The second-order valence-corrected chi connectivity index (χ2v) is 2.23. The summed E-state index contributed by atoms with van der Waals surface area (Å²) in [7, 11) is 1.54. The maximum atomic E-state index is 10.7. The number of rotatable bonds is 1. The summed E-state index contributed by atoms with van der Waals surface area (Å²) in [6.45, 7) is 0. The smallest absolute Gasteiger partial charge is 0.411 e. The minimum absolute atomic E-state index is 0.414. The van der Waals surface area contributed by atoms with Crippen LogP contribution >= 0.6 is 0 Å². The number of nitrogens with one attached hydrogen (secondary N) is 1. The van der Waals surface area contributed by atoms with E-state index >= 15 is 0 Å². The molecule has 0 saturated heterocycles. The number of hydrogen-bond donors (Lipinski definition) is 1. The third-order valence-electron chi connectivity index (χ3n) is 1.38. The van der Waals surface area contributed by atoms with E-state index in [9.17, 15) is 4.79 Å². The van der Waals surface area contributed by atoms with Crippen molar-refractivity contribution in [3.8, 4) is 0 Å². The van der Waals surface area contributed by atoms with Gasteiger partial charge in [0, 0.05) is 7.05 Å². The molecule has 60 valence electrons. The van der Waals surface area contributed by atoms with Gasteiger partial charge in [-0.1, -0.05) is 6.08 Å². The van der Waals surface area contributed by atoms with E-state index in [-0.39, 0.29) is 0 Å². The lowest BCUT2D eigenvalue weighted by Crippen LogP contribution is -2.18. The van der Waals surface area contributed by atoms with E-state index < -0.39 is 6.09 Å². The van der Waals surface area contributed by atoms with Gasteiger partial charge in [-0.3, -0.25) is 0 Å². The Labute approximate surface area is 65.7 Å². The van der Waals surface area contributed by atoms with Gasteiger partial charge < -0.3 is 10.1 Å². The van der Waals surface area contributed by atoms with Crippen LogP contribution in [0, 0.1) is 0 Å². The van der Waals surface area contributed by atoms with Crippen LogP contribution in [0.1, 0.15) is 12.8 Å². The molecular weight excluding hydrogens is 142 g/mol. The molecule has 0 fully saturated rings. The Morgan fingerprint density at radius 3 is 3.00 bits per heavy atom. The van der Waals surface area contributed by atoms with Crippen LogP contribution in [0.3, 0.4) is 0 Å². The molecule has 1 aliphatic carbocycles. The molecule has 0 unspecified atom stereocenters. The second-order valence-electron chi connectivity index (χ2n) is 2.23. The monoisotopic (exact) mass is 153 g/mol. The third kappa shape index (κ3) is 2.45. The van der Waals surface area contributed by atoms with E-state index in [0.717, 1.165) is 12.8 Å². The summed E-state index contributed by atoms with van der Waals surface area (Å²) in [4.78, 5) is 10.7. The molecule has 0 bridgehead atoms. The van der Waals surface area contributed by atoms with Gasteiger partial charge in [0.05, 0.1) is 0 Å². The number of allylic oxidation sites excluding steroid dienone is 3. The summed E-state index contributed by atoms with van der Waals surface area (Å²) in [5.74, 6) is 0.635. The number of carbonyl (C=O) groups is 1. The molecule has 0 aromatic heterocycles. The van der Waals surface area contributed by atoms with Crippen molar-refractivity contribution in [3.05, 3.63) is 24.0 Å². The Balaban J connectivity index is 2.42. The average Bonchev–Trinajstić information content (AvgIpc) is 2.06. The Hall–Kier alpha value is -1.25. The lowest BCUT2D eigenvalue weighted by molar-refractivity contribution is 0.181. The van der Waals surface area contributed by atoms with Crippen LogP contribution < -0.4 is 5.32 Å². The maximum Gasteiger partial charge on any atom is 0.412 e. The van der Waals surface area contributed by atoms with Gasteiger partial charge in [-0.05, 0) is 25.0 Å². The maximum absolute atomic E-state index is 10.7. The van der Waals surface area contributed by atoms with Crippen LogP contribution in [-0.4, -0.2) is 13.1 Å². The van der Waals surface area contributed by atoms with E-state index in [2.05, 4.69) is 5.32 Å². The fourth-order valence-corrected chi connectivity index (χ4v) is 0.823. The van der Waals surface area contributed by atoms with E-state index in [4.69, 9.17) is 4.74 Å². The highest BCUT2D eigenvalue weighted by atomic mass is 16.6. The molecule has 0 heterocycles. The summed E-state index contributed by atoms with van der Waals surface area (Å²) >= 11 is 0. The number of ether oxygens (including phenoxy) is 1. The fraction of sp³-hybridized carbons (Fsp3) is 0.375. The number of amides is 1. The Bertz CT molecular complexity index is 206. The highest BCUT2D eigenvalue weighted by molar-refractivity contribution is 5.68. The van der Waals surface area contributed by atoms with Gasteiger partial charge in [-0.25, -0.2) is 4.79 Å². The Morgan fingerprint density at radius 1 is 1.64 bits per heavy atom. The van der Waals surface area contributed by atoms with E-state index in [0.29, 0.717) is 5.76 Å². The molecule has 0 atom stereocenters. The van der Waals surface area contributed by atoms with Gasteiger partial charge in [0.15, 0.2) is 0 Å². The Kier molecular flexibility index (Phi) is 2.72. The molecule has 3 heteroatoms. The van der Waals surface area contributed by atoms with Crippen molar-refractivity contribution in [2.24, 2.45) is 0 Å². The minimum Gasteiger partial charge on any atom is -0.411 e. The lowest BCUT2D eigenvalue weighted by Gasteiger charge is -2.06. The first-order chi connectivity index (χ1) is 5.33. The van der Waals surface area contributed by atoms with Crippen LogP contribution in [0.5, 0.6) is 0 Å². The highest BCUT2D eigenvalue weighted by Gasteiger charge is 2.02. The molecule has 1 rings (SSSR count). The van der Waals surface area contributed by atoms with Crippen molar-refractivity contribution in [3.63, 3.8) is 0 Å². The summed E-state index contributed by atoms with van der Waals surface area (Å²) < 4.78 is 4.86. The van der Waals surface area contributed by atoms with Gasteiger partial charge in [0.1, 0.15) is 5.76 Å². The minimum atomic E-state index is -0.414. The van der Waals surface area contributed by atoms with Crippen molar-refractivity contribution in [1.82, 2.24) is 5.32 Å². The second kappa shape index (κ2) is 3.81. The standard InChI is InChI=1S/C8H11NO2/c1-9-8(10)11-7-5-3-2-4-6-7/h3,5-6H,2,4H2,1H3,(H,9,10). The van der Waals surface area contributed by atoms with Gasteiger partial charge >= 0.3 is 6.09 Å². The first-order valence-electron chi connectivity index (χ1n) is 3.59. The molecule has 1 aliphatic rings. The molecule has 0 aromatic rings. The van der Waals surface area contributed by atoms with Crippen LogP contribution in [0.4, 0.5) is 4.79 Å². The van der Waals surface area contributed by atoms with Crippen LogP contribution in [0.2, 0.25) is 0 Å². The zero-order chi connectivity index (χ0) is 8.10. The van der Waals surface area contributed by atoms with Crippen LogP contribution in [0.25, 0.3) is 0 Å². The quantitative estimate of drug-likeness (QED) is 0.621. The van der Waals surface area contributed by atoms with Crippen molar-refractivity contribution >= 4 is 6.09 Å². The van der Waals surface area contributed by atoms with Crippen molar-refractivity contribution < 1.29 is 9.53 Å². The number of carbonyl (C=O) groups excluding carboxylic acids is 1. The van der Waals surface area contributed by atoms with E-state index in [1.54, 1.807) is 6.08 Å². The third-order valence-corrected chi connectivity index (χ3v) is 1.38. The number of hydrogen-bond acceptors (Lipinski definition) is 2. The number of alkyl carbamates (subject to hydrolysis) is 1. The average molecular weight is 153 g/mol. The topological polar surface area (TPSA) is 38.3 Å². The largest absolute Gasteiger partial charge is 0.412 e. The summed E-state index contributed by atoms with van der Waals surface area (Å²) in [6, 6.07) is 0. The fourth-order valence-electron chi connectivity index (χ4n) is 0.823. The molecule has 0 aliphatic heterocycles. The molecule has 0 saturated carbocycles. The summed E-state index contributed by atoms with van der Waals surface area (Å²) in [5, 5.41) is 2.38. The van der Waals surface area contributed by atoms with Crippen molar-refractivity contribution in [2.45, 2.75) is 12.8 Å². The first-order valence-corrected chi connectivity index (χ1v) is 3.59. The zero-order valence-corrected chi connectivity index (χ0v) is 6.46. The van der Waals surface area contributed by atoms with Gasteiger partial charge in [-0.15, -0.1) is 0 Å². The van der Waals surface area contributed by atoms with Gasteiger partial charge in [-0.2, -0.15) is 0 Å². The lowest BCUT2D eigenvalue weighted by atomic mass is 10.2. The first kappa shape index (κ1) is 7.85. The molecule has 0 spiro atoms. The van der Waals surface area contributed by atoms with E-state index in [1.807, 2.05) is 12.2 Å². The van der Waals surface area contributed by atoms with Gasteiger partial charge in [0.25, 0.3) is 0 Å². The normalized spacial score (nSPS) is 15.5. The zero-order valence-electron chi connectivity index (χ0n) is 6.46. The molecule has 0 radical (unpaired) electrons. The molecule has 0 aromatic carbocycles. The SMILES string of the molecule is CNC(=O)OC1=CCCC=C1. The molecule has 1 amide bonds. The van der Waals surface area contributed by atoms with Crippen molar-refractivity contribution in [1.29, 1.82) is 0 Å².